The maximum Gasteiger partial charge on any atom is 0.338 e. The molecule has 0 bridgehead atoms. The van der Waals surface area contributed by atoms with E-state index in [0.29, 0.717) is 17.7 Å². The predicted octanol–water partition coefficient (Wildman–Crippen LogP) is 1.77. The smallest absolute Gasteiger partial charge is 0.338 e. The third kappa shape index (κ3) is 4.64. The normalized spacial score (nSPS) is 18.6. The van der Waals surface area contributed by atoms with Crippen molar-refractivity contribution in [2.75, 3.05) is 13.1 Å². The van der Waals surface area contributed by atoms with E-state index in [0.717, 1.165) is 18.7 Å². The maximum absolute atomic E-state index is 13.0. The molecule has 29 heavy (non-hydrogen) atoms. The largest absolute Gasteiger partial charge is 0.457 e. The first kappa shape index (κ1) is 20.6. The van der Waals surface area contributed by atoms with Crippen molar-refractivity contribution in [3.05, 3.63) is 53.3 Å². The van der Waals surface area contributed by atoms with E-state index < -0.39 is 18.0 Å². The summed E-state index contributed by atoms with van der Waals surface area (Å²) in [5, 5.41) is 4.28. The molecule has 2 atom stereocenters. The van der Waals surface area contributed by atoms with Crippen molar-refractivity contribution >= 4 is 17.8 Å². The van der Waals surface area contributed by atoms with Crippen molar-refractivity contribution in [1.82, 2.24) is 14.7 Å². The highest BCUT2D eigenvalue weighted by Gasteiger charge is 2.39. The molecule has 1 aliphatic rings. The van der Waals surface area contributed by atoms with Crippen LogP contribution in [0.2, 0.25) is 0 Å². The number of aromatic nitrogens is 2. The van der Waals surface area contributed by atoms with Gasteiger partial charge in [-0.1, -0.05) is 25.1 Å². The Bertz CT molecular complexity index is 893. The minimum Gasteiger partial charge on any atom is -0.457 e. The summed E-state index contributed by atoms with van der Waals surface area (Å²) in [6.07, 6.45) is 1.94. The van der Waals surface area contributed by atoms with Gasteiger partial charge in [-0.2, -0.15) is 5.10 Å². The van der Waals surface area contributed by atoms with Crippen molar-refractivity contribution in [2.45, 2.75) is 39.3 Å². The molecule has 0 saturated carbocycles. The first-order valence-corrected chi connectivity index (χ1v) is 9.76. The topological polar surface area (TPSA) is 108 Å². The van der Waals surface area contributed by atoms with Gasteiger partial charge >= 0.3 is 5.97 Å². The minimum atomic E-state index is -0.592. The van der Waals surface area contributed by atoms with Gasteiger partial charge in [0.05, 0.1) is 23.9 Å². The van der Waals surface area contributed by atoms with E-state index >= 15 is 0 Å². The molecule has 2 heterocycles. The van der Waals surface area contributed by atoms with Crippen LogP contribution in [-0.4, -0.2) is 51.7 Å². The van der Waals surface area contributed by atoms with Gasteiger partial charge in [0.1, 0.15) is 6.10 Å². The fourth-order valence-electron chi connectivity index (χ4n) is 3.64. The van der Waals surface area contributed by atoms with Crippen LogP contribution in [-0.2, 0) is 16.1 Å². The lowest BCUT2D eigenvalue weighted by Gasteiger charge is -2.17. The van der Waals surface area contributed by atoms with Crippen molar-refractivity contribution in [1.29, 1.82) is 0 Å². The van der Waals surface area contributed by atoms with Crippen molar-refractivity contribution in [3.63, 3.8) is 0 Å². The van der Waals surface area contributed by atoms with E-state index in [2.05, 4.69) is 5.10 Å². The van der Waals surface area contributed by atoms with Crippen LogP contribution in [0.3, 0.4) is 0 Å². The molecular formula is C21H26N4O4. The number of hydrogen-bond acceptors (Lipinski definition) is 5. The molecular weight excluding hydrogens is 372 g/mol. The highest BCUT2D eigenvalue weighted by molar-refractivity contribution is 5.95. The van der Waals surface area contributed by atoms with Crippen LogP contribution in [0.5, 0.6) is 0 Å². The number of carbonyl (C=O) groups excluding carboxylic acids is 3. The molecule has 1 aliphatic heterocycles. The molecule has 2 N–H and O–H groups in total. The maximum atomic E-state index is 13.0. The van der Waals surface area contributed by atoms with Gasteiger partial charge < -0.3 is 15.4 Å². The van der Waals surface area contributed by atoms with Crippen LogP contribution in [0.4, 0.5) is 0 Å². The lowest BCUT2D eigenvalue weighted by molar-refractivity contribution is -0.119. The van der Waals surface area contributed by atoms with Crippen LogP contribution >= 0.6 is 0 Å². The molecule has 1 saturated heterocycles. The first-order valence-electron chi connectivity index (χ1n) is 9.76. The molecule has 1 aromatic carbocycles. The van der Waals surface area contributed by atoms with Gasteiger partial charge in [-0.15, -0.1) is 0 Å². The fourth-order valence-corrected chi connectivity index (χ4v) is 3.64. The Morgan fingerprint density at radius 1 is 1.21 bits per heavy atom. The van der Waals surface area contributed by atoms with Gasteiger partial charge in [0.25, 0.3) is 5.91 Å². The van der Waals surface area contributed by atoms with Gasteiger partial charge in [0, 0.05) is 31.1 Å². The van der Waals surface area contributed by atoms with Crippen LogP contribution in [0.1, 0.15) is 46.2 Å². The zero-order chi connectivity index (χ0) is 21.0. The molecule has 3 rings (SSSR count). The second kappa shape index (κ2) is 8.89. The number of amides is 2. The Morgan fingerprint density at radius 2 is 1.93 bits per heavy atom. The SMILES string of the molecule is CCCn1ncc(C(=O)N2C[C@H](CC(N)=O)[C@H](OC(=O)c3ccccc3)C2)c1C. The third-order valence-corrected chi connectivity index (χ3v) is 5.17. The van der Waals surface area contributed by atoms with Crippen LogP contribution < -0.4 is 5.73 Å². The van der Waals surface area contributed by atoms with Crippen LogP contribution in [0.25, 0.3) is 0 Å². The summed E-state index contributed by atoms with van der Waals surface area (Å²) in [5.41, 5.74) is 7.12. The number of nitrogens with two attached hydrogens (primary N) is 1. The summed E-state index contributed by atoms with van der Waals surface area (Å²) in [6, 6.07) is 8.63. The lowest BCUT2D eigenvalue weighted by Crippen LogP contribution is -2.31. The quantitative estimate of drug-likeness (QED) is 0.715. The fraction of sp³-hybridized carbons (Fsp3) is 0.429. The Balaban J connectivity index is 1.75. The highest BCUT2D eigenvalue weighted by Crippen LogP contribution is 2.26. The molecule has 0 radical (unpaired) electrons. The van der Waals surface area contributed by atoms with Gasteiger partial charge in [0.15, 0.2) is 0 Å². The van der Waals surface area contributed by atoms with E-state index in [1.807, 2.05) is 19.9 Å². The number of likely N-dealkylation sites (tertiary alicyclic amines) is 1. The van der Waals surface area contributed by atoms with Gasteiger partial charge in [-0.05, 0) is 25.5 Å². The predicted molar refractivity (Wildman–Crippen MR) is 106 cm³/mol. The molecule has 1 aromatic heterocycles. The lowest BCUT2D eigenvalue weighted by atomic mass is 10.0. The molecule has 8 heteroatoms. The van der Waals surface area contributed by atoms with Crippen LogP contribution in [0, 0.1) is 12.8 Å². The molecule has 2 aromatic rings. The summed E-state index contributed by atoms with van der Waals surface area (Å²) in [5.74, 6) is -1.49. The highest BCUT2D eigenvalue weighted by atomic mass is 16.5. The molecule has 0 spiro atoms. The number of benzene rings is 1. The van der Waals surface area contributed by atoms with Crippen molar-refractivity contribution in [3.8, 4) is 0 Å². The van der Waals surface area contributed by atoms with Crippen LogP contribution in [0.15, 0.2) is 36.5 Å². The summed E-state index contributed by atoms with van der Waals surface area (Å²) >= 11 is 0. The number of primary amides is 1. The standard InChI is InChI=1S/C21H26N4O4/c1-3-9-25-14(2)17(11-23-25)20(27)24-12-16(10-19(22)26)18(13-24)29-21(28)15-7-5-4-6-8-15/h4-8,11,16,18H,3,9-10,12-13H2,1-2H3,(H2,22,26)/t16-,18+/m0/s1. The molecule has 154 valence electrons. The minimum absolute atomic E-state index is 0.0462. The number of carbonyl (C=O) groups is 3. The van der Waals surface area contributed by atoms with E-state index in [9.17, 15) is 14.4 Å². The molecule has 2 amide bonds. The summed E-state index contributed by atoms with van der Waals surface area (Å²) in [7, 11) is 0. The average Bonchev–Trinajstić information content (AvgIpc) is 3.26. The molecule has 8 nitrogen and oxygen atoms in total. The van der Waals surface area contributed by atoms with Gasteiger partial charge in [-0.25, -0.2) is 4.79 Å². The van der Waals surface area contributed by atoms with Crippen molar-refractivity contribution < 1.29 is 19.1 Å². The summed E-state index contributed by atoms with van der Waals surface area (Å²) in [4.78, 5) is 38.6. The van der Waals surface area contributed by atoms with Gasteiger partial charge in [-0.3, -0.25) is 14.3 Å². The monoisotopic (exact) mass is 398 g/mol. The number of nitrogens with zero attached hydrogens (tertiary/aromatic N) is 3. The molecule has 1 fully saturated rings. The Hall–Kier alpha value is -3.16. The number of aryl methyl sites for hydroxylation is 1. The van der Waals surface area contributed by atoms with E-state index in [4.69, 9.17) is 10.5 Å². The molecule has 0 aliphatic carbocycles. The number of rotatable bonds is 7. The molecule has 0 unspecified atom stereocenters. The summed E-state index contributed by atoms with van der Waals surface area (Å²) < 4.78 is 7.44. The summed E-state index contributed by atoms with van der Waals surface area (Å²) in [6.45, 7) is 5.16. The zero-order valence-corrected chi connectivity index (χ0v) is 16.7. The first-order chi connectivity index (χ1) is 13.9. The second-order valence-electron chi connectivity index (χ2n) is 7.32. The van der Waals surface area contributed by atoms with E-state index in [1.54, 1.807) is 40.0 Å². The number of esters is 1. The average molecular weight is 398 g/mol. The Morgan fingerprint density at radius 3 is 2.59 bits per heavy atom. The number of ether oxygens (including phenoxy) is 1. The Kier molecular flexibility index (Phi) is 6.31. The van der Waals surface area contributed by atoms with E-state index in [1.165, 1.54) is 0 Å². The second-order valence-corrected chi connectivity index (χ2v) is 7.32. The number of hydrogen-bond donors (Lipinski definition) is 1. The van der Waals surface area contributed by atoms with Crippen molar-refractivity contribution in [2.24, 2.45) is 11.7 Å². The van der Waals surface area contributed by atoms with Gasteiger partial charge in [0.2, 0.25) is 5.91 Å². The zero-order valence-electron chi connectivity index (χ0n) is 16.7. The third-order valence-electron chi connectivity index (χ3n) is 5.17. The van der Waals surface area contributed by atoms with E-state index in [-0.39, 0.29) is 24.8 Å². The Labute approximate surface area is 169 Å².